The smallest absolute Gasteiger partial charge is 0.317 e. The Labute approximate surface area is 124 Å². The Morgan fingerprint density at radius 1 is 1.55 bits per heavy atom. The number of hydrogen-bond acceptors (Lipinski definition) is 4. The number of aliphatic hydroxyl groups excluding tert-OH is 1. The number of amides is 2. The van der Waals surface area contributed by atoms with E-state index in [1.807, 2.05) is 18.0 Å². The van der Waals surface area contributed by atoms with Gasteiger partial charge in [-0.25, -0.2) is 9.78 Å². The fourth-order valence-corrected chi connectivity index (χ4v) is 3.30. The molecule has 0 bridgehead atoms. The predicted molar refractivity (Wildman–Crippen MR) is 79.7 cm³/mol. The second kappa shape index (κ2) is 6.54. The first-order valence-electron chi connectivity index (χ1n) is 7.13. The van der Waals surface area contributed by atoms with Crippen molar-refractivity contribution in [3.05, 3.63) is 16.1 Å². The number of nitrogens with zero attached hydrogens (tertiary/aromatic N) is 2. The van der Waals surface area contributed by atoms with Gasteiger partial charge in [-0.1, -0.05) is 6.92 Å². The third kappa shape index (κ3) is 3.49. The van der Waals surface area contributed by atoms with Gasteiger partial charge in [-0.15, -0.1) is 11.3 Å². The topological polar surface area (TPSA) is 65.5 Å². The van der Waals surface area contributed by atoms with E-state index in [2.05, 4.69) is 17.2 Å². The summed E-state index contributed by atoms with van der Waals surface area (Å²) < 4.78 is 0. The lowest BCUT2D eigenvalue weighted by Crippen LogP contribution is -2.48. The number of rotatable bonds is 4. The third-order valence-corrected chi connectivity index (χ3v) is 5.19. The lowest BCUT2D eigenvalue weighted by Gasteiger charge is -2.40. The molecule has 0 atom stereocenters. The number of urea groups is 1. The molecule has 0 aliphatic carbocycles. The molecule has 0 radical (unpaired) electrons. The minimum atomic E-state index is -0.0151. The number of likely N-dealkylation sites (tertiary alicyclic amines) is 1. The standard InChI is InChI=1S/C14H23N3O2S/c1-3-14(10-18)4-6-17(7-5-14)13(19)16-9-12-8-15-11(2)20-12/h8,18H,3-7,9-10H2,1-2H3,(H,16,19). The molecule has 1 aromatic rings. The van der Waals surface area contributed by atoms with E-state index in [0.29, 0.717) is 6.54 Å². The van der Waals surface area contributed by atoms with Crippen LogP contribution in [0.25, 0.3) is 0 Å². The van der Waals surface area contributed by atoms with Gasteiger partial charge in [-0.3, -0.25) is 0 Å². The summed E-state index contributed by atoms with van der Waals surface area (Å²) in [5.41, 5.74) is 0.0194. The van der Waals surface area contributed by atoms with Crippen LogP contribution in [0.4, 0.5) is 4.79 Å². The molecule has 1 aromatic heterocycles. The molecule has 2 N–H and O–H groups in total. The first-order chi connectivity index (χ1) is 9.58. The quantitative estimate of drug-likeness (QED) is 0.895. The highest BCUT2D eigenvalue weighted by Crippen LogP contribution is 2.34. The molecule has 0 unspecified atom stereocenters. The van der Waals surface area contributed by atoms with Gasteiger partial charge in [-0.05, 0) is 31.6 Å². The van der Waals surface area contributed by atoms with Gasteiger partial charge in [0.05, 0.1) is 11.6 Å². The number of piperidine rings is 1. The van der Waals surface area contributed by atoms with Crippen LogP contribution in [0.15, 0.2) is 6.20 Å². The molecule has 1 aliphatic heterocycles. The number of carbonyl (C=O) groups is 1. The van der Waals surface area contributed by atoms with E-state index in [1.165, 1.54) is 0 Å². The fraction of sp³-hybridized carbons (Fsp3) is 0.714. The summed E-state index contributed by atoms with van der Waals surface area (Å²) in [5, 5.41) is 13.5. The van der Waals surface area contributed by atoms with Crippen LogP contribution in [-0.4, -0.2) is 40.7 Å². The monoisotopic (exact) mass is 297 g/mol. The summed E-state index contributed by atoms with van der Waals surface area (Å²) in [7, 11) is 0. The van der Waals surface area contributed by atoms with E-state index in [4.69, 9.17) is 0 Å². The lowest BCUT2D eigenvalue weighted by atomic mass is 9.77. The first kappa shape index (κ1) is 15.3. The van der Waals surface area contributed by atoms with Crippen LogP contribution in [-0.2, 0) is 6.54 Å². The largest absolute Gasteiger partial charge is 0.396 e. The Balaban J connectivity index is 1.80. The highest BCUT2D eigenvalue weighted by Gasteiger charge is 2.33. The van der Waals surface area contributed by atoms with E-state index in [9.17, 15) is 9.90 Å². The molecule has 1 aliphatic rings. The van der Waals surface area contributed by atoms with Gasteiger partial charge in [0.15, 0.2) is 0 Å². The van der Waals surface area contributed by atoms with Crippen molar-refractivity contribution in [2.75, 3.05) is 19.7 Å². The number of thiazole rings is 1. The normalized spacial score (nSPS) is 18.1. The Hall–Kier alpha value is -1.14. The molecular formula is C14H23N3O2S. The van der Waals surface area contributed by atoms with Crippen LogP contribution in [0.5, 0.6) is 0 Å². The highest BCUT2D eigenvalue weighted by molar-refractivity contribution is 7.11. The maximum absolute atomic E-state index is 12.1. The van der Waals surface area contributed by atoms with Crippen molar-refractivity contribution in [2.24, 2.45) is 5.41 Å². The number of aryl methyl sites for hydroxylation is 1. The zero-order valence-electron chi connectivity index (χ0n) is 12.2. The van der Waals surface area contributed by atoms with Crippen LogP contribution in [0.2, 0.25) is 0 Å². The molecule has 2 rings (SSSR count). The van der Waals surface area contributed by atoms with Crippen LogP contribution < -0.4 is 5.32 Å². The van der Waals surface area contributed by atoms with Crippen molar-refractivity contribution in [1.29, 1.82) is 0 Å². The van der Waals surface area contributed by atoms with E-state index >= 15 is 0 Å². The van der Waals surface area contributed by atoms with Gasteiger partial charge in [0.2, 0.25) is 0 Å². The van der Waals surface area contributed by atoms with Gasteiger partial charge in [-0.2, -0.15) is 0 Å². The van der Waals surface area contributed by atoms with Crippen molar-refractivity contribution < 1.29 is 9.90 Å². The van der Waals surface area contributed by atoms with Crippen molar-refractivity contribution in [1.82, 2.24) is 15.2 Å². The molecule has 6 heteroatoms. The average molecular weight is 297 g/mol. The Kier molecular flexibility index (Phi) is 4.99. The Bertz CT molecular complexity index is 447. The van der Waals surface area contributed by atoms with Gasteiger partial charge in [0, 0.05) is 30.8 Å². The summed E-state index contributed by atoms with van der Waals surface area (Å²) in [6.07, 6.45) is 4.55. The van der Waals surface area contributed by atoms with Gasteiger partial charge in [0.1, 0.15) is 0 Å². The lowest BCUT2D eigenvalue weighted by molar-refractivity contribution is 0.0519. The molecule has 1 saturated heterocycles. The Morgan fingerprint density at radius 2 is 2.25 bits per heavy atom. The fourth-order valence-electron chi connectivity index (χ4n) is 2.57. The van der Waals surface area contributed by atoms with Crippen molar-refractivity contribution in [3.8, 4) is 0 Å². The predicted octanol–water partition coefficient (Wildman–Crippen LogP) is 2.15. The molecule has 112 valence electrons. The van der Waals surface area contributed by atoms with E-state index in [1.54, 1.807) is 11.3 Å². The van der Waals surface area contributed by atoms with E-state index < -0.39 is 0 Å². The number of nitrogens with one attached hydrogen (secondary N) is 1. The van der Waals surface area contributed by atoms with Gasteiger partial charge >= 0.3 is 6.03 Å². The van der Waals surface area contributed by atoms with Crippen LogP contribution in [0, 0.1) is 12.3 Å². The molecule has 5 nitrogen and oxygen atoms in total. The van der Waals surface area contributed by atoms with E-state index in [-0.39, 0.29) is 18.1 Å². The number of hydrogen-bond donors (Lipinski definition) is 2. The van der Waals surface area contributed by atoms with Crippen LogP contribution in [0.3, 0.4) is 0 Å². The SMILES string of the molecule is CCC1(CO)CCN(C(=O)NCc2cnc(C)s2)CC1. The molecule has 0 saturated carbocycles. The molecular weight excluding hydrogens is 274 g/mol. The zero-order valence-corrected chi connectivity index (χ0v) is 13.0. The first-order valence-corrected chi connectivity index (χ1v) is 7.95. The minimum Gasteiger partial charge on any atom is -0.396 e. The molecule has 1 fully saturated rings. The van der Waals surface area contributed by atoms with Crippen LogP contribution >= 0.6 is 11.3 Å². The molecule has 0 spiro atoms. The minimum absolute atomic E-state index is 0.0151. The Morgan fingerprint density at radius 3 is 2.75 bits per heavy atom. The van der Waals surface area contributed by atoms with Crippen molar-refractivity contribution in [3.63, 3.8) is 0 Å². The third-order valence-electron chi connectivity index (χ3n) is 4.28. The summed E-state index contributed by atoms with van der Waals surface area (Å²) >= 11 is 1.61. The molecule has 20 heavy (non-hydrogen) atoms. The summed E-state index contributed by atoms with van der Waals surface area (Å²) in [6.45, 7) is 6.28. The van der Waals surface area contributed by atoms with Gasteiger partial charge < -0.3 is 15.3 Å². The summed E-state index contributed by atoms with van der Waals surface area (Å²) in [5.74, 6) is 0. The second-order valence-electron chi connectivity index (χ2n) is 5.50. The van der Waals surface area contributed by atoms with Crippen molar-refractivity contribution in [2.45, 2.75) is 39.7 Å². The van der Waals surface area contributed by atoms with Gasteiger partial charge in [0.25, 0.3) is 0 Å². The van der Waals surface area contributed by atoms with E-state index in [0.717, 1.165) is 42.2 Å². The number of carbonyl (C=O) groups excluding carboxylic acids is 1. The summed E-state index contributed by atoms with van der Waals surface area (Å²) in [4.78, 5) is 19.2. The number of aromatic nitrogens is 1. The number of aliphatic hydroxyl groups is 1. The maximum atomic E-state index is 12.1. The maximum Gasteiger partial charge on any atom is 0.317 e. The second-order valence-corrected chi connectivity index (χ2v) is 6.82. The molecule has 0 aromatic carbocycles. The van der Waals surface area contributed by atoms with Crippen LogP contribution in [0.1, 0.15) is 36.1 Å². The zero-order chi connectivity index (χ0) is 14.6. The van der Waals surface area contributed by atoms with Crippen molar-refractivity contribution >= 4 is 17.4 Å². The molecule has 2 heterocycles. The average Bonchev–Trinajstić information content (AvgIpc) is 2.90. The highest BCUT2D eigenvalue weighted by atomic mass is 32.1. The molecule has 2 amide bonds. The summed E-state index contributed by atoms with van der Waals surface area (Å²) in [6, 6.07) is -0.0151.